The molecule has 1 unspecified atom stereocenters. The SMILES string of the molecule is CC1CCCCN1c1ncnc(NCc2ccco2)c1[N+](=O)[O-]. The van der Waals surface area contributed by atoms with Gasteiger partial charge in [-0.05, 0) is 38.3 Å². The average molecular weight is 317 g/mol. The third kappa shape index (κ3) is 3.25. The van der Waals surface area contributed by atoms with Gasteiger partial charge in [-0.25, -0.2) is 9.97 Å². The Balaban J connectivity index is 1.90. The first-order valence-electron chi connectivity index (χ1n) is 7.69. The molecule has 0 aliphatic carbocycles. The second kappa shape index (κ2) is 6.64. The van der Waals surface area contributed by atoms with E-state index in [1.54, 1.807) is 18.4 Å². The first kappa shape index (κ1) is 15.3. The van der Waals surface area contributed by atoms with E-state index in [0.29, 0.717) is 18.1 Å². The van der Waals surface area contributed by atoms with E-state index < -0.39 is 4.92 Å². The van der Waals surface area contributed by atoms with Crippen LogP contribution in [0.1, 0.15) is 31.9 Å². The highest BCUT2D eigenvalue weighted by Crippen LogP contribution is 2.35. The molecule has 2 aromatic rings. The maximum atomic E-state index is 11.6. The van der Waals surface area contributed by atoms with Crippen LogP contribution in [0, 0.1) is 10.1 Å². The van der Waals surface area contributed by atoms with Crippen LogP contribution in [0.5, 0.6) is 0 Å². The standard InChI is InChI=1S/C15H19N5O3/c1-11-5-2-3-7-19(11)15-13(20(21)22)14(17-10-18-15)16-9-12-6-4-8-23-12/h4,6,8,10-11H,2-3,5,7,9H2,1H3,(H,16,17,18). The number of furan rings is 1. The minimum absolute atomic E-state index is 0.0761. The van der Waals surface area contributed by atoms with Gasteiger partial charge in [-0.3, -0.25) is 10.1 Å². The number of rotatable bonds is 5. The summed E-state index contributed by atoms with van der Waals surface area (Å²) in [6, 6.07) is 3.80. The number of aromatic nitrogens is 2. The van der Waals surface area contributed by atoms with Crippen molar-refractivity contribution in [3.05, 3.63) is 40.6 Å². The highest BCUT2D eigenvalue weighted by molar-refractivity contribution is 5.70. The minimum Gasteiger partial charge on any atom is -0.467 e. The summed E-state index contributed by atoms with van der Waals surface area (Å²) in [5.74, 6) is 1.29. The van der Waals surface area contributed by atoms with Crippen LogP contribution in [-0.2, 0) is 6.54 Å². The second-order valence-corrected chi connectivity index (χ2v) is 5.62. The van der Waals surface area contributed by atoms with Gasteiger partial charge in [0.05, 0.1) is 17.7 Å². The molecule has 0 spiro atoms. The highest BCUT2D eigenvalue weighted by atomic mass is 16.6. The molecule has 1 fully saturated rings. The van der Waals surface area contributed by atoms with E-state index in [-0.39, 0.29) is 17.5 Å². The monoisotopic (exact) mass is 317 g/mol. The molecule has 0 bridgehead atoms. The van der Waals surface area contributed by atoms with Crippen molar-refractivity contribution in [3.8, 4) is 0 Å². The summed E-state index contributed by atoms with van der Waals surface area (Å²) in [5, 5.41) is 14.6. The fraction of sp³-hybridized carbons (Fsp3) is 0.467. The fourth-order valence-corrected chi connectivity index (χ4v) is 2.87. The van der Waals surface area contributed by atoms with Gasteiger partial charge in [0.15, 0.2) is 0 Å². The average Bonchev–Trinajstić information content (AvgIpc) is 3.06. The molecular weight excluding hydrogens is 298 g/mol. The maximum Gasteiger partial charge on any atom is 0.353 e. The van der Waals surface area contributed by atoms with E-state index in [2.05, 4.69) is 22.2 Å². The Morgan fingerprint density at radius 3 is 3.04 bits per heavy atom. The molecular formula is C15H19N5O3. The van der Waals surface area contributed by atoms with Crippen LogP contribution in [-0.4, -0.2) is 27.5 Å². The summed E-state index contributed by atoms with van der Waals surface area (Å²) < 4.78 is 5.23. The predicted octanol–water partition coefficient (Wildman–Crippen LogP) is 2.97. The summed E-state index contributed by atoms with van der Waals surface area (Å²) in [6.45, 7) is 3.18. The lowest BCUT2D eigenvalue weighted by Crippen LogP contribution is -2.38. The van der Waals surface area contributed by atoms with Crippen molar-refractivity contribution in [1.82, 2.24) is 9.97 Å². The summed E-state index contributed by atoms with van der Waals surface area (Å²) in [7, 11) is 0. The van der Waals surface area contributed by atoms with Gasteiger partial charge in [0.2, 0.25) is 11.6 Å². The molecule has 8 nitrogen and oxygen atoms in total. The van der Waals surface area contributed by atoms with Gasteiger partial charge in [-0.1, -0.05) is 0 Å². The van der Waals surface area contributed by atoms with Crippen LogP contribution in [0.25, 0.3) is 0 Å². The molecule has 1 atom stereocenters. The third-order valence-electron chi connectivity index (χ3n) is 4.07. The number of anilines is 2. The lowest BCUT2D eigenvalue weighted by Gasteiger charge is -2.33. The Morgan fingerprint density at radius 2 is 2.35 bits per heavy atom. The molecule has 3 heterocycles. The van der Waals surface area contributed by atoms with E-state index in [4.69, 9.17) is 4.42 Å². The lowest BCUT2D eigenvalue weighted by molar-refractivity contribution is -0.383. The zero-order chi connectivity index (χ0) is 16.2. The number of nitrogens with one attached hydrogen (secondary N) is 1. The molecule has 1 aliphatic heterocycles. The van der Waals surface area contributed by atoms with Crippen LogP contribution in [0.3, 0.4) is 0 Å². The Labute approximate surface area is 133 Å². The molecule has 0 aromatic carbocycles. The molecule has 122 valence electrons. The molecule has 0 saturated carbocycles. The van der Waals surface area contributed by atoms with Crippen molar-refractivity contribution in [2.24, 2.45) is 0 Å². The molecule has 1 N–H and O–H groups in total. The topological polar surface area (TPSA) is 97.3 Å². The third-order valence-corrected chi connectivity index (χ3v) is 4.07. The first-order valence-corrected chi connectivity index (χ1v) is 7.69. The molecule has 0 amide bonds. The highest BCUT2D eigenvalue weighted by Gasteiger charge is 2.30. The van der Waals surface area contributed by atoms with Gasteiger partial charge in [0, 0.05) is 12.6 Å². The van der Waals surface area contributed by atoms with Gasteiger partial charge in [-0.15, -0.1) is 0 Å². The van der Waals surface area contributed by atoms with Gasteiger partial charge >= 0.3 is 5.69 Å². The van der Waals surface area contributed by atoms with Crippen molar-refractivity contribution in [2.75, 3.05) is 16.8 Å². The number of hydrogen-bond donors (Lipinski definition) is 1. The quantitative estimate of drug-likeness (QED) is 0.668. The van der Waals surface area contributed by atoms with Crippen LogP contribution in [0.4, 0.5) is 17.3 Å². The summed E-state index contributed by atoms with van der Waals surface area (Å²) in [5.41, 5.74) is -0.0761. The minimum atomic E-state index is -0.416. The lowest BCUT2D eigenvalue weighted by atomic mass is 10.0. The number of piperidine rings is 1. The van der Waals surface area contributed by atoms with Crippen molar-refractivity contribution in [1.29, 1.82) is 0 Å². The van der Waals surface area contributed by atoms with Gasteiger partial charge in [-0.2, -0.15) is 0 Å². The second-order valence-electron chi connectivity index (χ2n) is 5.62. The van der Waals surface area contributed by atoms with Crippen molar-refractivity contribution in [2.45, 2.75) is 38.8 Å². The summed E-state index contributed by atoms with van der Waals surface area (Å²) in [6.07, 6.45) is 6.09. The molecule has 1 saturated heterocycles. The smallest absolute Gasteiger partial charge is 0.353 e. The van der Waals surface area contributed by atoms with E-state index in [1.165, 1.54) is 6.33 Å². The number of nitrogens with zero attached hydrogens (tertiary/aromatic N) is 4. The number of hydrogen-bond acceptors (Lipinski definition) is 7. The molecule has 8 heteroatoms. The van der Waals surface area contributed by atoms with Crippen LogP contribution < -0.4 is 10.2 Å². The van der Waals surface area contributed by atoms with E-state index >= 15 is 0 Å². The zero-order valence-electron chi connectivity index (χ0n) is 12.9. The Kier molecular flexibility index (Phi) is 4.40. The van der Waals surface area contributed by atoms with E-state index in [9.17, 15) is 10.1 Å². The van der Waals surface area contributed by atoms with Crippen molar-refractivity contribution < 1.29 is 9.34 Å². The van der Waals surface area contributed by atoms with Crippen LogP contribution in [0.15, 0.2) is 29.1 Å². The molecule has 3 rings (SSSR count). The van der Waals surface area contributed by atoms with Crippen LogP contribution in [0.2, 0.25) is 0 Å². The van der Waals surface area contributed by atoms with Crippen molar-refractivity contribution in [3.63, 3.8) is 0 Å². The molecule has 2 aromatic heterocycles. The van der Waals surface area contributed by atoms with Gasteiger partial charge in [0.1, 0.15) is 12.1 Å². The fourth-order valence-electron chi connectivity index (χ4n) is 2.87. The first-order chi connectivity index (χ1) is 11.2. The largest absolute Gasteiger partial charge is 0.467 e. The normalized spacial score (nSPS) is 18.0. The predicted molar refractivity (Wildman–Crippen MR) is 85.4 cm³/mol. The van der Waals surface area contributed by atoms with E-state index in [0.717, 1.165) is 25.8 Å². The zero-order valence-corrected chi connectivity index (χ0v) is 12.9. The Bertz CT molecular complexity index is 674. The summed E-state index contributed by atoms with van der Waals surface area (Å²) >= 11 is 0. The summed E-state index contributed by atoms with van der Waals surface area (Å²) in [4.78, 5) is 21.4. The van der Waals surface area contributed by atoms with Crippen molar-refractivity contribution >= 4 is 17.3 Å². The van der Waals surface area contributed by atoms with E-state index in [1.807, 2.05) is 4.90 Å². The van der Waals surface area contributed by atoms with Gasteiger partial charge < -0.3 is 14.6 Å². The molecule has 1 aliphatic rings. The molecule has 23 heavy (non-hydrogen) atoms. The van der Waals surface area contributed by atoms with Crippen LogP contribution >= 0.6 is 0 Å². The maximum absolute atomic E-state index is 11.6. The Morgan fingerprint density at radius 1 is 1.48 bits per heavy atom. The molecule has 0 radical (unpaired) electrons. The number of nitro groups is 1. The Hall–Kier alpha value is -2.64. The van der Waals surface area contributed by atoms with Gasteiger partial charge in [0.25, 0.3) is 0 Å².